The zero-order chi connectivity index (χ0) is 20.2. The van der Waals surface area contributed by atoms with Crippen LogP contribution in [0.15, 0.2) is 12.1 Å². The van der Waals surface area contributed by atoms with Crippen molar-refractivity contribution in [3.05, 3.63) is 40.5 Å². The summed E-state index contributed by atoms with van der Waals surface area (Å²) in [6.07, 6.45) is 8.90. The number of fused-ring (bicyclic) bond motifs is 1. The highest BCUT2D eigenvalue weighted by Gasteiger charge is 2.23. The second kappa shape index (κ2) is 8.97. The maximum atomic E-state index is 12.5. The second-order valence-electron chi connectivity index (χ2n) is 8.55. The molecule has 1 unspecified atom stereocenters. The third kappa shape index (κ3) is 4.80. The molecule has 0 bridgehead atoms. The first-order valence-electron chi connectivity index (χ1n) is 11.2. The van der Waals surface area contributed by atoms with Crippen molar-refractivity contribution in [2.24, 2.45) is 5.92 Å². The highest BCUT2D eigenvalue weighted by atomic mass is 16.1. The number of amides is 1. The van der Waals surface area contributed by atoms with E-state index in [0.29, 0.717) is 5.92 Å². The smallest absolute Gasteiger partial charge is 0.267 e. The number of piperidine rings is 1. The van der Waals surface area contributed by atoms with Crippen LogP contribution in [0.3, 0.4) is 0 Å². The summed E-state index contributed by atoms with van der Waals surface area (Å²) in [5, 5.41) is 3.12. The van der Waals surface area contributed by atoms with Crippen molar-refractivity contribution < 1.29 is 4.79 Å². The number of anilines is 1. The van der Waals surface area contributed by atoms with Crippen molar-refractivity contribution in [3.63, 3.8) is 0 Å². The second-order valence-corrected chi connectivity index (χ2v) is 8.55. The Morgan fingerprint density at radius 2 is 2.10 bits per heavy atom. The molecule has 29 heavy (non-hydrogen) atoms. The molecular formula is C23H33N5O. The molecule has 0 spiro atoms. The van der Waals surface area contributed by atoms with E-state index in [2.05, 4.69) is 33.2 Å². The Balaban J connectivity index is 1.29. The van der Waals surface area contributed by atoms with Gasteiger partial charge in [-0.1, -0.05) is 6.92 Å². The minimum Gasteiger partial charge on any atom is -0.354 e. The number of nitrogens with one attached hydrogen (secondary N) is 2. The zero-order valence-electron chi connectivity index (χ0n) is 17.8. The molecule has 6 nitrogen and oxygen atoms in total. The van der Waals surface area contributed by atoms with Crippen molar-refractivity contribution in [2.75, 3.05) is 24.5 Å². The molecule has 156 valence electrons. The lowest BCUT2D eigenvalue weighted by Gasteiger charge is -2.33. The molecule has 4 rings (SSSR count). The van der Waals surface area contributed by atoms with Crippen LogP contribution >= 0.6 is 0 Å². The molecule has 3 heterocycles. The van der Waals surface area contributed by atoms with Gasteiger partial charge in [0.05, 0.1) is 0 Å². The van der Waals surface area contributed by atoms with Crippen molar-refractivity contribution in [1.29, 1.82) is 0 Å². The summed E-state index contributed by atoms with van der Waals surface area (Å²) in [4.78, 5) is 27.6. The van der Waals surface area contributed by atoms with Gasteiger partial charge in [-0.25, -0.2) is 9.97 Å². The van der Waals surface area contributed by atoms with Crippen molar-refractivity contribution in [1.82, 2.24) is 20.3 Å². The van der Waals surface area contributed by atoms with Crippen LogP contribution in [-0.2, 0) is 19.3 Å². The average molecular weight is 396 g/mol. The molecule has 0 aromatic carbocycles. The van der Waals surface area contributed by atoms with Gasteiger partial charge in [0, 0.05) is 36.7 Å². The molecule has 2 aromatic heterocycles. The Bertz CT molecular complexity index is 835. The molecule has 1 fully saturated rings. The molecular weight excluding hydrogens is 362 g/mol. The number of hydrogen-bond acceptors (Lipinski definition) is 4. The van der Waals surface area contributed by atoms with Crippen LogP contribution < -0.4 is 10.2 Å². The normalized spacial score (nSPS) is 19.1. The predicted molar refractivity (Wildman–Crippen MR) is 115 cm³/mol. The average Bonchev–Trinajstić information content (AvgIpc) is 3.18. The van der Waals surface area contributed by atoms with Crippen molar-refractivity contribution in [3.8, 4) is 0 Å². The van der Waals surface area contributed by atoms with E-state index < -0.39 is 0 Å². The van der Waals surface area contributed by atoms with Crippen molar-refractivity contribution in [2.45, 2.75) is 65.2 Å². The highest BCUT2D eigenvalue weighted by molar-refractivity contribution is 5.92. The third-order valence-corrected chi connectivity index (χ3v) is 6.26. The fourth-order valence-corrected chi connectivity index (χ4v) is 4.63. The van der Waals surface area contributed by atoms with Gasteiger partial charge < -0.3 is 15.2 Å². The quantitative estimate of drug-likeness (QED) is 0.784. The van der Waals surface area contributed by atoms with Crippen LogP contribution in [0.25, 0.3) is 0 Å². The summed E-state index contributed by atoms with van der Waals surface area (Å²) >= 11 is 0. The predicted octanol–water partition coefficient (Wildman–Crippen LogP) is 3.59. The maximum Gasteiger partial charge on any atom is 0.267 e. The third-order valence-electron chi connectivity index (χ3n) is 6.26. The first-order valence-corrected chi connectivity index (χ1v) is 11.2. The van der Waals surface area contributed by atoms with Gasteiger partial charge in [0.15, 0.2) is 0 Å². The number of H-pyrrole nitrogens is 1. The van der Waals surface area contributed by atoms with E-state index in [9.17, 15) is 4.79 Å². The number of hydrogen-bond donors (Lipinski definition) is 2. The molecule has 1 aliphatic carbocycles. The zero-order valence-corrected chi connectivity index (χ0v) is 17.8. The largest absolute Gasteiger partial charge is 0.354 e. The van der Waals surface area contributed by atoms with Crippen LogP contribution in [0.4, 0.5) is 5.95 Å². The first kappa shape index (κ1) is 19.9. The summed E-state index contributed by atoms with van der Waals surface area (Å²) in [5.74, 6) is 1.46. The number of aromatic nitrogens is 3. The Hall–Kier alpha value is -2.37. The van der Waals surface area contributed by atoms with Crippen molar-refractivity contribution >= 4 is 11.9 Å². The number of carbonyl (C=O) groups excluding carboxylic acids is 1. The fraction of sp³-hybridized carbons (Fsp3) is 0.609. The Labute approximate surface area is 173 Å². The van der Waals surface area contributed by atoms with E-state index in [4.69, 9.17) is 4.98 Å². The molecule has 2 N–H and O–H groups in total. The standard InChI is InChI=1S/C23H33N5O/c1-3-19-13-16(2)25-23(26-19)28-12-6-7-17(15-28)10-11-24-22(29)21-14-18-8-4-5-9-20(18)27-21/h13-14,17,27H,3-12,15H2,1-2H3,(H,24,29). The molecule has 0 saturated carbocycles. The monoisotopic (exact) mass is 395 g/mol. The van der Waals surface area contributed by atoms with E-state index in [0.717, 1.165) is 74.8 Å². The van der Waals surface area contributed by atoms with E-state index in [-0.39, 0.29) is 5.91 Å². The lowest BCUT2D eigenvalue weighted by molar-refractivity contribution is 0.0946. The number of nitrogens with zero attached hydrogens (tertiary/aromatic N) is 3. The molecule has 1 atom stereocenters. The van der Waals surface area contributed by atoms with Crippen LogP contribution in [0, 0.1) is 12.8 Å². The van der Waals surface area contributed by atoms with Gasteiger partial charge in [0.2, 0.25) is 5.95 Å². The molecule has 1 amide bonds. The molecule has 0 radical (unpaired) electrons. The van der Waals surface area contributed by atoms with E-state index in [1.54, 1.807) is 0 Å². The van der Waals surface area contributed by atoms with E-state index in [1.807, 2.05) is 13.0 Å². The summed E-state index contributed by atoms with van der Waals surface area (Å²) in [6, 6.07) is 4.12. The van der Waals surface area contributed by atoms with Crippen LogP contribution in [-0.4, -0.2) is 40.5 Å². The van der Waals surface area contributed by atoms with Crippen LogP contribution in [0.5, 0.6) is 0 Å². The number of carbonyl (C=O) groups is 1. The SMILES string of the molecule is CCc1cc(C)nc(N2CCCC(CCNC(=O)c3cc4c([nH]3)CCCC4)C2)n1. The summed E-state index contributed by atoms with van der Waals surface area (Å²) < 4.78 is 0. The summed E-state index contributed by atoms with van der Waals surface area (Å²) in [7, 11) is 0. The van der Waals surface area contributed by atoms with Gasteiger partial charge >= 0.3 is 0 Å². The van der Waals surface area contributed by atoms with Gasteiger partial charge in [-0.05, 0) is 81.9 Å². The van der Waals surface area contributed by atoms with Gasteiger partial charge in [-0.3, -0.25) is 4.79 Å². The Morgan fingerprint density at radius 1 is 1.24 bits per heavy atom. The number of rotatable bonds is 6. The van der Waals surface area contributed by atoms with E-state index in [1.165, 1.54) is 30.5 Å². The molecule has 2 aromatic rings. The van der Waals surface area contributed by atoms with Crippen LogP contribution in [0.2, 0.25) is 0 Å². The Kier molecular flexibility index (Phi) is 6.16. The molecule has 1 saturated heterocycles. The summed E-state index contributed by atoms with van der Waals surface area (Å²) in [6.45, 7) is 6.88. The van der Waals surface area contributed by atoms with Gasteiger partial charge in [-0.2, -0.15) is 0 Å². The lowest BCUT2D eigenvalue weighted by atomic mass is 9.95. The fourth-order valence-electron chi connectivity index (χ4n) is 4.63. The lowest BCUT2D eigenvalue weighted by Crippen LogP contribution is -2.38. The van der Waals surface area contributed by atoms with Gasteiger partial charge in [0.1, 0.15) is 5.69 Å². The van der Waals surface area contributed by atoms with E-state index >= 15 is 0 Å². The molecule has 6 heteroatoms. The minimum absolute atomic E-state index is 0.0293. The maximum absolute atomic E-state index is 12.5. The van der Waals surface area contributed by atoms with Gasteiger partial charge in [-0.15, -0.1) is 0 Å². The van der Waals surface area contributed by atoms with Crippen LogP contribution in [0.1, 0.15) is 72.2 Å². The first-order chi connectivity index (χ1) is 14.1. The molecule has 1 aliphatic heterocycles. The van der Waals surface area contributed by atoms with Gasteiger partial charge in [0.25, 0.3) is 5.91 Å². The topological polar surface area (TPSA) is 73.9 Å². The number of aromatic amines is 1. The summed E-state index contributed by atoms with van der Waals surface area (Å²) in [5.41, 5.74) is 5.45. The Morgan fingerprint density at radius 3 is 2.93 bits per heavy atom. The minimum atomic E-state index is 0.0293. The molecule has 2 aliphatic rings. The highest BCUT2D eigenvalue weighted by Crippen LogP contribution is 2.24. The number of aryl methyl sites for hydroxylation is 4.